The summed E-state index contributed by atoms with van der Waals surface area (Å²) in [5.74, 6) is 0.760. The largest absolute Gasteiger partial charge is 0.399 e. The van der Waals surface area contributed by atoms with Crippen molar-refractivity contribution in [2.24, 2.45) is 0 Å². The van der Waals surface area contributed by atoms with Crippen molar-refractivity contribution in [3.8, 4) is 0 Å². The summed E-state index contributed by atoms with van der Waals surface area (Å²) < 4.78 is 1.70. The van der Waals surface area contributed by atoms with Crippen molar-refractivity contribution in [3.05, 3.63) is 24.2 Å². The van der Waals surface area contributed by atoms with Gasteiger partial charge >= 0.3 is 0 Å². The molecule has 0 radical (unpaired) electrons. The quantitative estimate of drug-likeness (QED) is 0.595. The van der Waals surface area contributed by atoms with E-state index in [0.717, 1.165) is 11.5 Å². The molecule has 11 heavy (non-hydrogen) atoms. The van der Waals surface area contributed by atoms with Crippen molar-refractivity contribution in [1.29, 1.82) is 0 Å². The number of aromatic nitrogens is 3. The highest BCUT2D eigenvalue weighted by molar-refractivity contribution is 5.50. The highest BCUT2D eigenvalue weighted by atomic mass is 15.3. The Kier molecular flexibility index (Phi) is 1.09. The second-order valence-corrected chi connectivity index (χ2v) is 2.42. The molecular formula is C7H8N4. The van der Waals surface area contributed by atoms with E-state index in [1.54, 1.807) is 22.8 Å². The summed E-state index contributed by atoms with van der Waals surface area (Å²) in [5.41, 5.74) is 7.06. The van der Waals surface area contributed by atoms with Gasteiger partial charge in [-0.2, -0.15) is 5.10 Å². The first-order chi connectivity index (χ1) is 5.25. The number of anilines is 1. The number of pyridine rings is 1. The van der Waals surface area contributed by atoms with Crippen molar-refractivity contribution in [2.45, 2.75) is 6.92 Å². The van der Waals surface area contributed by atoms with Gasteiger partial charge in [-0.05, 0) is 13.0 Å². The first kappa shape index (κ1) is 6.15. The maximum absolute atomic E-state index is 5.55. The van der Waals surface area contributed by atoms with Crippen LogP contribution in [0.1, 0.15) is 5.82 Å². The molecule has 2 rings (SSSR count). The van der Waals surface area contributed by atoms with E-state index < -0.39 is 0 Å². The van der Waals surface area contributed by atoms with Gasteiger partial charge in [-0.3, -0.25) is 0 Å². The topological polar surface area (TPSA) is 56.2 Å². The van der Waals surface area contributed by atoms with Crippen LogP contribution >= 0.6 is 0 Å². The predicted octanol–water partition coefficient (Wildman–Crippen LogP) is 0.620. The summed E-state index contributed by atoms with van der Waals surface area (Å²) in [6.07, 6.45) is 1.80. The van der Waals surface area contributed by atoms with Crippen molar-refractivity contribution in [3.63, 3.8) is 0 Å². The van der Waals surface area contributed by atoms with E-state index in [2.05, 4.69) is 10.1 Å². The molecule has 0 fully saturated rings. The Labute approximate surface area is 63.7 Å². The molecule has 4 nitrogen and oxygen atoms in total. The van der Waals surface area contributed by atoms with Gasteiger partial charge in [-0.25, -0.2) is 9.50 Å². The smallest absolute Gasteiger partial charge is 0.157 e. The van der Waals surface area contributed by atoms with Crippen LogP contribution in [0.2, 0.25) is 0 Å². The van der Waals surface area contributed by atoms with Crippen molar-refractivity contribution >= 4 is 11.3 Å². The molecule has 0 aliphatic rings. The maximum Gasteiger partial charge on any atom is 0.157 e. The van der Waals surface area contributed by atoms with Crippen molar-refractivity contribution in [2.75, 3.05) is 5.73 Å². The second-order valence-electron chi connectivity index (χ2n) is 2.42. The van der Waals surface area contributed by atoms with Gasteiger partial charge in [-0.1, -0.05) is 0 Å². The fourth-order valence-corrected chi connectivity index (χ4v) is 1.01. The normalized spacial score (nSPS) is 10.6. The van der Waals surface area contributed by atoms with Gasteiger partial charge in [0, 0.05) is 18.0 Å². The molecule has 2 aromatic rings. The summed E-state index contributed by atoms with van der Waals surface area (Å²) in [6.45, 7) is 1.85. The van der Waals surface area contributed by atoms with Gasteiger partial charge in [0.1, 0.15) is 5.82 Å². The number of hydrogen-bond acceptors (Lipinski definition) is 3. The highest BCUT2D eigenvalue weighted by Gasteiger charge is 1.97. The molecule has 0 atom stereocenters. The molecule has 2 aromatic heterocycles. The monoisotopic (exact) mass is 148 g/mol. The van der Waals surface area contributed by atoms with Crippen molar-refractivity contribution < 1.29 is 0 Å². The SMILES string of the molecule is Cc1nc2cc(N)ccn2n1. The molecule has 56 valence electrons. The van der Waals surface area contributed by atoms with Crippen LogP contribution in [0.5, 0.6) is 0 Å². The van der Waals surface area contributed by atoms with Gasteiger partial charge in [-0.15, -0.1) is 0 Å². The van der Waals surface area contributed by atoms with Crippen LogP contribution in [0.15, 0.2) is 18.3 Å². The average molecular weight is 148 g/mol. The average Bonchev–Trinajstić information content (AvgIpc) is 2.27. The Balaban J connectivity index is 2.82. The van der Waals surface area contributed by atoms with E-state index in [-0.39, 0.29) is 0 Å². The van der Waals surface area contributed by atoms with E-state index in [0.29, 0.717) is 5.69 Å². The standard InChI is InChI=1S/C7H8N4/c1-5-9-7-4-6(8)2-3-11(7)10-5/h2-4H,8H2,1H3. The van der Waals surface area contributed by atoms with Crippen LogP contribution in [0.4, 0.5) is 5.69 Å². The highest BCUT2D eigenvalue weighted by Crippen LogP contribution is 2.05. The number of fused-ring (bicyclic) bond motifs is 1. The van der Waals surface area contributed by atoms with Gasteiger partial charge in [0.2, 0.25) is 0 Å². The molecule has 2 N–H and O–H groups in total. The lowest BCUT2D eigenvalue weighted by Crippen LogP contribution is -1.89. The van der Waals surface area contributed by atoms with E-state index in [1.807, 2.05) is 6.92 Å². The molecule has 0 saturated heterocycles. The minimum Gasteiger partial charge on any atom is -0.399 e. The predicted molar refractivity (Wildman–Crippen MR) is 42.1 cm³/mol. The molecule has 0 unspecified atom stereocenters. The fraction of sp³-hybridized carbons (Fsp3) is 0.143. The number of rotatable bonds is 0. The number of nitrogen functional groups attached to an aromatic ring is 1. The Bertz CT molecular complexity index is 390. The summed E-state index contributed by atoms with van der Waals surface area (Å²) in [6, 6.07) is 3.58. The first-order valence-electron chi connectivity index (χ1n) is 3.34. The molecule has 0 saturated carbocycles. The zero-order valence-corrected chi connectivity index (χ0v) is 6.15. The Morgan fingerprint density at radius 3 is 3.18 bits per heavy atom. The number of hydrogen-bond donors (Lipinski definition) is 1. The van der Waals surface area contributed by atoms with Crippen LogP contribution in [-0.2, 0) is 0 Å². The van der Waals surface area contributed by atoms with E-state index in [4.69, 9.17) is 5.73 Å². The van der Waals surface area contributed by atoms with Gasteiger partial charge in [0.25, 0.3) is 0 Å². The van der Waals surface area contributed by atoms with Crippen LogP contribution in [-0.4, -0.2) is 14.6 Å². The Morgan fingerprint density at radius 2 is 2.36 bits per heavy atom. The third kappa shape index (κ3) is 0.920. The summed E-state index contributed by atoms with van der Waals surface area (Å²) >= 11 is 0. The van der Waals surface area contributed by atoms with Gasteiger partial charge < -0.3 is 5.73 Å². The second kappa shape index (κ2) is 1.95. The van der Waals surface area contributed by atoms with Gasteiger partial charge in [0.05, 0.1) is 0 Å². The van der Waals surface area contributed by atoms with E-state index in [1.165, 1.54) is 0 Å². The lowest BCUT2D eigenvalue weighted by molar-refractivity contribution is 0.931. The zero-order chi connectivity index (χ0) is 7.84. The number of nitrogens with two attached hydrogens (primary N) is 1. The Hall–Kier alpha value is -1.58. The lowest BCUT2D eigenvalue weighted by Gasteiger charge is -1.91. The molecule has 0 spiro atoms. The zero-order valence-electron chi connectivity index (χ0n) is 6.15. The summed E-state index contributed by atoms with van der Waals surface area (Å²) in [7, 11) is 0. The summed E-state index contributed by atoms with van der Waals surface area (Å²) in [4.78, 5) is 4.15. The molecule has 0 bridgehead atoms. The van der Waals surface area contributed by atoms with Crippen molar-refractivity contribution in [1.82, 2.24) is 14.6 Å². The number of nitrogens with zero attached hydrogens (tertiary/aromatic N) is 3. The van der Waals surface area contributed by atoms with Crippen LogP contribution in [0.25, 0.3) is 5.65 Å². The van der Waals surface area contributed by atoms with Gasteiger partial charge in [0.15, 0.2) is 5.65 Å². The number of aryl methyl sites for hydroxylation is 1. The van der Waals surface area contributed by atoms with E-state index >= 15 is 0 Å². The minimum absolute atomic E-state index is 0.713. The third-order valence-corrected chi connectivity index (χ3v) is 1.47. The Morgan fingerprint density at radius 1 is 1.55 bits per heavy atom. The molecule has 0 amide bonds. The third-order valence-electron chi connectivity index (χ3n) is 1.47. The molecular weight excluding hydrogens is 140 g/mol. The molecule has 4 heteroatoms. The fourth-order valence-electron chi connectivity index (χ4n) is 1.01. The maximum atomic E-state index is 5.55. The first-order valence-corrected chi connectivity index (χ1v) is 3.34. The molecule has 0 aromatic carbocycles. The van der Waals surface area contributed by atoms with E-state index in [9.17, 15) is 0 Å². The summed E-state index contributed by atoms with van der Waals surface area (Å²) in [5, 5.41) is 4.10. The van der Waals surface area contributed by atoms with Crippen LogP contribution < -0.4 is 5.73 Å². The lowest BCUT2D eigenvalue weighted by atomic mass is 10.4. The molecule has 0 aliphatic carbocycles. The minimum atomic E-state index is 0.713. The molecule has 0 aliphatic heterocycles. The molecule has 2 heterocycles. The van der Waals surface area contributed by atoms with Crippen LogP contribution in [0.3, 0.4) is 0 Å². The van der Waals surface area contributed by atoms with Crippen LogP contribution in [0, 0.1) is 6.92 Å².